The summed E-state index contributed by atoms with van der Waals surface area (Å²) in [7, 11) is 0.756. The van der Waals surface area contributed by atoms with E-state index in [1.165, 1.54) is 29.4 Å². The quantitative estimate of drug-likeness (QED) is 0.682. The highest BCUT2D eigenvalue weighted by Crippen LogP contribution is 2.17. The molecule has 0 saturated carbocycles. The second-order valence-electron chi connectivity index (χ2n) is 6.32. The van der Waals surface area contributed by atoms with E-state index in [0.717, 1.165) is 18.8 Å². The number of nitrogens with zero attached hydrogens (tertiary/aromatic N) is 1. The molecule has 1 aliphatic heterocycles. The Morgan fingerprint density at radius 3 is 2.39 bits per heavy atom. The van der Waals surface area contributed by atoms with E-state index < -0.39 is 10.0 Å². The fraction of sp³-hybridized carbons (Fsp3) is 0.529. The molecule has 0 spiro atoms. The maximum absolute atomic E-state index is 11.9. The fourth-order valence-electron chi connectivity index (χ4n) is 3.10. The molecule has 128 valence electrons. The van der Waals surface area contributed by atoms with E-state index in [1.54, 1.807) is 0 Å². The third kappa shape index (κ3) is 5.06. The molecule has 0 bridgehead atoms. The summed E-state index contributed by atoms with van der Waals surface area (Å²) < 4.78 is 26.6. The van der Waals surface area contributed by atoms with Gasteiger partial charge in [0.15, 0.2) is 0 Å². The first-order valence-corrected chi connectivity index (χ1v) is 9.78. The van der Waals surface area contributed by atoms with E-state index in [-0.39, 0.29) is 11.8 Å². The van der Waals surface area contributed by atoms with Gasteiger partial charge >= 0.3 is 0 Å². The zero-order valence-corrected chi connectivity index (χ0v) is 14.9. The van der Waals surface area contributed by atoms with Gasteiger partial charge in [0.2, 0.25) is 10.0 Å². The maximum Gasteiger partial charge on any atom is 0.215 e. The van der Waals surface area contributed by atoms with E-state index in [2.05, 4.69) is 40.5 Å². The van der Waals surface area contributed by atoms with Crippen molar-refractivity contribution in [2.24, 2.45) is 0 Å². The smallest absolute Gasteiger partial charge is 0.215 e. The lowest BCUT2D eigenvalue weighted by atomic mass is 10.1. The molecule has 1 fully saturated rings. The van der Waals surface area contributed by atoms with Crippen LogP contribution in [0.25, 0.3) is 0 Å². The molecule has 0 aliphatic carbocycles. The summed E-state index contributed by atoms with van der Waals surface area (Å²) in [5.41, 5.74) is 2.34. The lowest BCUT2D eigenvalue weighted by Crippen LogP contribution is -3.11. The van der Waals surface area contributed by atoms with Crippen LogP contribution in [-0.2, 0) is 10.0 Å². The Hall–Kier alpha value is -1.37. The molecule has 2 rings (SSSR count). The SMILES string of the molecule is C=CCS(=O)(=O)NC[C@@H](c1ccc(N(C)C)cc1)[NH+]1CCCC1. The lowest BCUT2D eigenvalue weighted by Gasteiger charge is -2.25. The topological polar surface area (TPSA) is 53.9 Å². The van der Waals surface area contributed by atoms with Crippen molar-refractivity contribution in [3.63, 3.8) is 0 Å². The summed E-state index contributed by atoms with van der Waals surface area (Å²) in [6.07, 6.45) is 3.84. The third-order valence-electron chi connectivity index (χ3n) is 4.40. The monoisotopic (exact) mass is 338 g/mol. The number of sulfonamides is 1. The van der Waals surface area contributed by atoms with E-state index in [9.17, 15) is 8.42 Å². The van der Waals surface area contributed by atoms with E-state index in [4.69, 9.17) is 0 Å². The molecule has 6 heteroatoms. The Morgan fingerprint density at radius 1 is 1.26 bits per heavy atom. The van der Waals surface area contributed by atoms with Crippen molar-refractivity contribution < 1.29 is 13.3 Å². The van der Waals surface area contributed by atoms with Crippen LogP contribution in [0.3, 0.4) is 0 Å². The fourth-order valence-corrected chi connectivity index (χ4v) is 3.95. The minimum Gasteiger partial charge on any atom is -0.378 e. The van der Waals surface area contributed by atoms with Gasteiger partial charge in [0.05, 0.1) is 25.4 Å². The summed E-state index contributed by atoms with van der Waals surface area (Å²) in [4.78, 5) is 3.53. The van der Waals surface area contributed by atoms with Crippen LogP contribution in [0.1, 0.15) is 24.4 Å². The maximum atomic E-state index is 11.9. The van der Waals surface area contributed by atoms with E-state index in [0.29, 0.717) is 6.54 Å². The Morgan fingerprint density at radius 2 is 1.87 bits per heavy atom. The van der Waals surface area contributed by atoms with Crippen LogP contribution in [0.15, 0.2) is 36.9 Å². The Labute approximate surface area is 140 Å². The minimum atomic E-state index is -3.28. The average Bonchev–Trinajstić information content (AvgIpc) is 3.02. The van der Waals surface area contributed by atoms with Crippen molar-refractivity contribution in [3.8, 4) is 0 Å². The molecule has 1 aromatic carbocycles. The summed E-state index contributed by atoms with van der Waals surface area (Å²) >= 11 is 0. The van der Waals surface area contributed by atoms with Gasteiger partial charge in [-0.2, -0.15) is 0 Å². The second kappa shape index (κ2) is 7.95. The highest BCUT2D eigenvalue weighted by atomic mass is 32.2. The van der Waals surface area contributed by atoms with Gasteiger partial charge in [-0.05, 0) is 12.1 Å². The van der Waals surface area contributed by atoms with Crippen molar-refractivity contribution in [2.45, 2.75) is 18.9 Å². The molecule has 0 unspecified atom stereocenters. The molecule has 23 heavy (non-hydrogen) atoms. The van der Waals surface area contributed by atoms with Gasteiger partial charge in [-0.3, -0.25) is 0 Å². The van der Waals surface area contributed by atoms with Crippen LogP contribution in [0.2, 0.25) is 0 Å². The molecule has 5 nitrogen and oxygen atoms in total. The normalized spacial score (nSPS) is 17.1. The van der Waals surface area contributed by atoms with Crippen LogP contribution < -0.4 is 14.5 Å². The number of benzene rings is 1. The van der Waals surface area contributed by atoms with Gasteiger partial charge < -0.3 is 9.80 Å². The summed E-state index contributed by atoms with van der Waals surface area (Å²) in [6, 6.07) is 8.58. The van der Waals surface area contributed by atoms with Crippen LogP contribution in [0.5, 0.6) is 0 Å². The Kier molecular flexibility index (Phi) is 6.21. The molecule has 2 N–H and O–H groups in total. The number of nitrogens with one attached hydrogen (secondary N) is 2. The lowest BCUT2D eigenvalue weighted by molar-refractivity contribution is -0.918. The molecule has 1 aliphatic rings. The zero-order chi connectivity index (χ0) is 16.9. The number of hydrogen-bond donors (Lipinski definition) is 2. The second-order valence-corrected chi connectivity index (χ2v) is 8.17. The molecule has 1 atom stereocenters. The number of anilines is 1. The average molecular weight is 338 g/mol. The van der Waals surface area contributed by atoms with Gasteiger partial charge in [-0.25, -0.2) is 13.1 Å². The molecule has 0 aromatic heterocycles. The predicted octanol–water partition coefficient (Wildman–Crippen LogP) is 0.578. The summed E-state index contributed by atoms with van der Waals surface area (Å²) in [5, 5.41) is 0. The van der Waals surface area contributed by atoms with Gasteiger partial charge in [-0.15, -0.1) is 6.58 Å². The molecule has 1 heterocycles. The highest BCUT2D eigenvalue weighted by Gasteiger charge is 2.28. The Balaban J connectivity index is 2.15. The third-order valence-corrected chi connectivity index (χ3v) is 5.68. The minimum absolute atomic E-state index is 0.0331. The van der Waals surface area contributed by atoms with E-state index in [1.807, 2.05) is 14.1 Å². The molecular formula is C17H28N3O2S+. The highest BCUT2D eigenvalue weighted by molar-refractivity contribution is 7.89. The number of hydrogen-bond acceptors (Lipinski definition) is 3. The predicted molar refractivity (Wildman–Crippen MR) is 95.4 cm³/mol. The van der Waals surface area contributed by atoms with E-state index >= 15 is 0 Å². The van der Waals surface area contributed by atoms with Gasteiger partial charge in [0.25, 0.3) is 0 Å². The van der Waals surface area contributed by atoms with Gasteiger partial charge in [0, 0.05) is 38.2 Å². The van der Waals surface area contributed by atoms with Gasteiger partial charge in [0.1, 0.15) is 6.04 Å². The van der Waals surface area contributed by atoms with Crippen molar-refractivity contribution in [2.75, 3.05) is 44.4 Å². The van der Waals surface area contributed by atoms with Gasteiger partial charge in [-0.1, -0.05) is 18.2 Å². The van der Waals surface area contributed by atoms with Crippen LogP contribution in [0.4, 0.5) is 5.69 Å². The first-order valence-electron chi connectivity index (χ1n) is 8.13. The molecule has 0 radical (unpaired) electrons. The standard InChI is InChI=1S/C17H27N3O2S/c1-4-13-23(21,22)18-14-17(20-11-5-6-12-20)15-7-9-16(10-8-15)19(2)3/h4,7-10,17-18H,1,5-6,11-14H2,2-3H3/p+1/t17-/m0/s1. The first kappa shape index (κ1) is 18.0. The number of quaternary nitrogens is 1. The molecule has 1 aromatic rings. The largest absolute Gasteiger partial charge is 0.378 e. The zero-order valence-electron chi connectivity index (χ0n) is 14.1. The van der Waals surface area contributed by atoms with Crippen molar-refractivity contribution >= 4 is 15.7 Å². The molecule has 0 amide bonds. The van der Waals surface area contributed by atoms with Crippen molar-refractivity contribution in [3.05, 3.63) is 42.5 Å². The summed E-state index contributed by atoms with van der Waals surface area (Å²) in [6.45, 7) is 6.14. The van der Waals surface area contributed by atoms with Crippen molar-refractivity contribution in [1.29, 1.82) is 0 Å². The number of rotatable bonds is 8. The van der Waals surface area contributed by atoms with Crippen LogP contribution >= 0.6 is 0 Å². The van der Waals surface area contributed by atoms with Crippen LogP contribution in [-0.4, -0.2) is 47.9 Å². The van der Waals surface area contributed by atoms with Crippen molar-refractivity contribution in [1.82, 2.24) is 4.72 Å². The number of likely N-dealkylation sites (tertiary alicyclic amines) is 1. The molecule has 1 saturated heterocycles. The molecular weight excluding hydrogens is 310 g/mol. The van der Waals surface area contributed by atoms with Crippen LogP contribution in [0, 0.1) is 0 Å². The summed E-state index contributed by atoms with van der Waals surface area (Å²) in [5.74, 6) is -0.0331. The Bertz CT molecular complexity index is 605. The first-order chi connectivity index (χ1) is 10.9.